The summed E-state index contributed by atoms with van der Waals surface area (Å²) in [6, 6.07) is 2.71. The zero-order chi connectivity index (χ0) is 25.8. The molecule has 0 bridgehead atoms. The van der Waals surface area contributed by atoms with Crippen molar-refractivity contribution < 1.29 is 39.3 Å². The first-order chi connectivity index (χ1) is 15.9. The fourth-order valence-corrected chi connectivity index (χ4v) is 3.02. The Kier molecular flexibility index (Phi) is 11.5. The number of carbonyl (C=O) groups excluding carboxylic acids is 3. The molecular formula is C22H32N4O8. The van der Waals surface area contributed by atoms with Crippen LogP contribution in [0.2, 0.25) is 0 Å². The number of carboxylic acid groups (broad SMARTS) is 2. The number of aromatic hydroxyl groups is 1. The molecule has 0 aliphatic heterocycles. The summed E-state index contributed by atoms with van der Waals surface area (Å²) in [5.74, 6) is -4.58. The van der Waals surface area contributed by atoms with Crippen molar-refractivity contribution >= 4 is 29.7 Å². The first-order valence-electron chi connectivity index (χ1n) is 10.7. The van der Waals surface area contributed by atoms with Gasteiger partial charge in [-0.15, -0.1) is 0 Å². The summed E-state index contributed by atoms with van der Waals surface area (Å²) >= 11 is 0. The van der Waals surface area contributed by atoms with Crippen molar-refractivity contribution in [2.24, 2.45) is 11.7 Å². The highest BCUT2D eigenvalue weighted by Crippen LogP contribution is 2.11. The van der Waals surface area contributed by atoms with E-state index >= 15 is 0 Å². The number of benzene rings is 1. The van der Waals surface area contributed by atoms with Crippen molar-refractivity contribution in [1.82, 2.24) is 16.0 Å². The SMILES string of the molecule is CC(C)CC(NC(=O)CNC(=O)C(N)Cc1ccc(O)cc1)C(=O)NC(CCC(=O)O)C(=O)O. The maximum Gasteiger partial charge on any atom is 0.326 e. The Balaban J connectivity index is 2.65. The summed E-state index contributed by atoms with van der Waals surface area (Å²) in [6.07, 6.45) is -0.390. The molecule has 12 nitrogen and oxygen atoms in total. The lowest BCUT2D eigenvalue weighted by atomic mass is 10.0. The van der Waals surface area contributed by atoms with Crippen molar-refractivity contribution in [1.29, 1.82) is 0 Å². The van der Waals surface area contributed by atoms with Gasteiger partial charge in [-0.05, 0) is 42.9 Å². The quantitative estimate of drug-likeness (QED) is 0.180. The van der Waals surface area contributed by atoms with Crippen LogP contribution in [-0.2, 0) is 30.4 Å². The second kappa shape index (κ2) is 13.8. The third-order valence-corrected chi connectivity index (χ3v) is 4.77. The summed E-state index contributed by atoms with van der Waals surface area (Å²) in [6.45, 7) is 3.15. The van der Waals surface area contributed by atoms with Crippen LogP contribution in [0.15, 0.2) is 24.3 Å². The zero-order valence-electron chi connectivity index (χ0n) is 19.1. The van der Waals surface area contributed by atoms with Crippen LogP contribution >= 0.6 is 0 Å². The van der Waals surface area contributed by atoms with Gasteiger partial charge in [0.05, 0.1) is 12.6 Å². The maximum absolute atomic E-state index is 12.6. The summed E-state index contributed by atoms with van der Waals surface area (Å²) < 4.78 is 0. The normalized spacial score (nSPS) is 13.4. The lowest BCUT2D eigenvalue weighted by Crippen LogP contribution is -2.54. The van der Waals surface area contributed by atoms with Crippen molar-refractivity contribution in [3.05, 3.63) is 29.8 Å². The van der Waals surface area contributed by atoms with Gasteiger partial charge in [0.25, 0.3) is 0 Å². The van der Waals surface area contributed by atoms with E-state index in [1.165, 1.54) is 12.1 Å². The first kappa shape index (κ1) is 28.4. The minimum absolute atomic E-state index is 0.0355. The molecule has 0 aromatic heterocycles. The number of carboxylic acids is 2. The van der Waals surface area contributed by atoms with Gasteiger partial charge in [-0.3, -0.25) is 19.2 Å². The average molecular weight is 481 g/mol. The second-order valence-corrected chi connectivity index (χ2v) is 8.28. The Bertz CT molecular complexity index is 872. The molecule has 0 radical (unpaired) electrons. The van der Waals surface area contributed by atoms with E-state index < -0.39 is 60.8 Å². The molecule has 0 aliphatic rings. The number of hydrogen-bond acceptors (Lipinski definition) is 7. The molecule has 188 valence electrons. The largest absolute Gasteiger partial charge is 0.508 e. The van der Waals surface area contributed by atoms with E-state index in [1.807, 2.05) is 0 Å². The molecule has 3 unspecified atom stereocenters. The van der Waals surface area contributed by atoms with Gasteiger partial charge in [0, 0.05) is 6.42 Å². The van der Waals surface area contributed by atoms with Crippen LogP contribution in [0.5, 0.6) is 5.75 Å². The molecular weight excluding hydrogens is 448 g/mol. The van der Waals surface area contributed by atoms with Gasteiger partial charge >= 0.3 is 11.9 Å². The number of nitrogens with one attached hydrogen (secondary N) is 3. The molecule has 1 aromatic carbocycles. The third-order valence-electron chi connectivity index (χ3n) is 4.77. The minimum Gasteiger partial charge on any atom is -0.508 e. The molecule has 3 atom stereocenters. The molecule has 0 aliphatic carbocycles. The van der Waals surface area contributed by atoms with Gasteiger partial charge in [-0.1, -0.05) is 26.0 Å². The van der Waals surface area contributed by atoms with Crippen LogP contribution in [0.3, 0.4) is 0 Å². The number of aliphatic carboxylic acids is 2. The predicted molar refractivity (Wildman–Crippen MR) is 121 cm³/mol. The molecule has 0 fully saturated rings. The van der Waals surface area contributed by atoms with Crippen molar-refractivity contribution in [3.8, 4) is 5.75 Å². The summed E-state index contributed by atoms with van der Waals surface area (Å²) in [5.41, 5.74) is 6.57. The van der Waals surface area contributed by atoms with E-state index in [0.29, 0.717) is 0 Å². The number of rotatable bonds is 14. The number of hydrogen-bond donors (Lipinski definition) is 7. The monoisotopic (exact) mass is 480 g/mol. The lowest BCUT2D eigenvalue weighted by molar-refractivity contribution is -0.143. The van der Waals surface area contributed by atoms with Crippen LogP contribution in [0.4, 0.5) is 0 Å². The fourth-order valence-electron chi connectivity index (χ4n) is 3.02. The van der Waals surface area contributed by atoms with Gasteiger partial charge in [-0.2, -0.15) is 0 Å². The van der Waals surface area contributed by atoms with E-state index in [1.54, 1.807) is 26.0 Å². The molecule has 3 amide bonds. The van der Waals surface area contributed by atoms with Crippen LogP contribution in [0, 0.1) is 5.92 Å². The summed E-state index contributed by atoms with van der Waals surface area (Å²) in [7, 11) is 0. The number of amides is 3. The van der Waals surface area contributed by atoms with E-state index in [0.717, 1.165) is 5.56 Å². The third kappa shape index (κ3) is 10.8. The van der Waals surface area contributed by atoms with Gasteiger partial charge < -0.3 is 37.0 Å². The van der Waals surface area contributed by atoms with Crippen molar-refractivity contribution in [2.45, 2.75) is 57.7 Å². The van der Waals surface area contributed by atoms with Crippen LogP contribution in [0.1, 0.15) is 38.7 Å². The summed E-state index contributed by atoms with van der Waals surface area (Å²) in [5, 5.41) is 34.4. The van der Waals surface area contributed by atoms with E-state index in [-0.39, 0.29) is 30.9 Å². The molecule has 1 aromatic rings. The molecule has 0 saturated carbocycles. The molecule has 8 N–H and O–H groups in total. The van der Waals surface area contributed by atoms with Crippen molar-refractivity contribution in [2.75, 3.05) is 6.54 Å². The Labute approximate surface area is 196 Å². The van der Waals surface area contributed by atoms with E-state index in [9.17, 15) is 34.2 Å². The van der Waals surface area contributed by atoms with Gasteiger partial charge in [0.15, 0.2) is 0 Å². The highest BCUT2D eigenvalue weighted by Gasteiger charge is 2.27. The Morgan fingerprint density at radius 1 is 0.941 bits per heavy atom. The van der Waals surface area contributed by atoms with Gasteiger partial charge in [0.2, 0.25) is 17.7 Å². The van der Waals surface area contributed by atoms with Crippen LogP contribution in [0.25, 0.3) is 0 Å². The van der Waals surface area contributed by atoms with Crippen molar-refractivity contribution in [3.63, 3.8) is 0 Å². The van der Waals surface area contributed by atoms with Gasteiger partial charge in [-0.25, -0.2) is 4.79 Å². The Morgan fingerprint density at radius 2 is 1.56 bits per heavy atom. The first-order valence-corrected chi connectivity index (χ1v) is 10.7. The number of phenols is 1. The highest BCUT2D eigenvalue weighted by molar-refractivity contribution is 5.92. The van der Waals surface area contributed by atoms with E-state index in [2.05, 4.69) is 16.0 Å². The lowest BCUT2D eigenvalue weighted by Gasteiger charge is -2.23. The topological polar surface area (TPSA) is 208 Å². The molecule has 0 heterocycles. The average Bonchev–Trinajstić information content (AvgIpc) is 2.75. The molecule has 34 heavy (non-hydrogen) atoms. The molecule has 0 spiro atoms. The highest BCUT2D eigenvalue weighted by atomic mass is 16.4. The number of nitrogens with two attached hydrogens (primary N) is 1. The predicted octanol–water partition coefficient (Wildman–Crippen LogP) is -0.657. The van der Waals surface area contributed by atoms with E-state index in [4.69, 9.17) is 10.8 Å². The summed E-state index contributed by atoms with van der Waals surface area (Å²) in [4.78, 5) is 59.2. The zero-order valence-corrected chi connectivity index (χ0v) is 19.1. The second-order valence-electron chi connectivity index (χ2n) is 8.28. The maximum atomic E-state index is 12.6. The number of carbonyl (C=O) groups is 5. The standard InChI is InChI=1S/C22H32N4O8/c1-12(2)9-17(21(32)26-16(22(33)34)7-8-19(29)30)25-18(28)11-24-20(31)15(23)10-13-3-5-14(27)6-4-13/h3-6,12,15-17,27H,7-11,23H2,1-2H3,(H,24,31)(H,25,28)(H,26,32)(H,29,30)(H,33,34). The molecule has 1 rings (SSSR count). The van der Waals surface area contributed by atoms with Gasteiger partial charge in [0.1, 0.15) is 17.8 Å². The van der Waals surface area contributed by atoms with Crippen LogP contribution < -0.4 is 21.7 Å². The Morgan fingerprint density at radius 3 is 2.09 bits per heavy atom. The number of phenolic OH excluding ortho intramolecular Hbond substituents is 1. The Hall–Kier alpha value is -3.67. The molecule has 0 saturated heterocycles. The minimum atomic E-state index is -1.42. The smallest absolute Gasteiger partial charge is 0.326 e. The molecule has 12 heteroatoms. The fraction of sp³-hybridized carbons (Fsp3) is 0.500. The van der Waals surface area contributed by atoms with Crippen LogP contribution in [-0.4, -0.2) is 69.7 Å².